The van der Waals surface area contributed by atoms with Crippen LogP contribution < -0.4 is 10.6 Å². The van der Waals surface area contributed by atoms with Crippen molar-refractivity contribution >= 4 is 17.5 Å². The topological polar surface area (TPSA) is 66.9 Å². The number of carbonyl (C=O) groups is 1. The minimum atomic E-state index is -0.0717. The second-order valence-electron chi connectivity index (χ2n) is 4.40. The summed E-state index contributed by atoms with van der Waals surface area (Å²) < 4.78 is 0. The summed E-state index contributed by atoms with van der Waals surface area (Å²) in [5, 5.41) is 5.90. The fraction of sp³-hybridized carbons (Fsp3) is 0.214. The van der Waals surface area contributed by atoms with Crippen molar-refractivity contribution in [3.8, 4) is 0 Å². The van der Waals surface area contributed by atoms with E-state index in [1.54, 1.807) is 30.6 Å². The van der Waals surface area contributed by atoms with Crippen LogP contribution in [0.3, 0.4) is 0 Å². The highest BCUT2D eigenvalue weighted by molar-refractivity contribution is 5.94. The van der Waals surface area contributed by atoms with Gasteiger partial charge in [0.15, 0.2) is 0 Å². The Kier molecular flexibility index (Phi) is 4.07. The van der Waals surface area contributed by atoms with Gasteiger partial charge in [0.05, 0.1) is 0 Å². The fourth-order valence-electron chi connectivity index (χ4n) is 1.54. The van der Waals surface area contributed by atoms with Crippen molar-refractivity contribution in [2.24, 2.45) is 0 Å². The van der Waals surface area contributed by atoms with Crippen molar-refractivity contribution in [3.63, 3.8) is 0 Å². The van der Waals surface area contributed by atoms with E-state index in [9.17, 15) is 4.79 Å². The Morgan fingerprint density at radius 3 is 2.32 bits per heavy atom. The molecule has 0 bridgehead atoms. The van der Waals surface area contributed by atoms with Gasteiger partial charge >= 0.3 is 0 Å². The average Bonchev–Trinajstić information content (AvgIpc) is 2.40. The second kappa shape index (κ2) is 5.95. The first-order chi connectivity index (χ1) is 9.15. The van der Waals surface area contributed by atoms with Crippen molar-refractivity contribution in [1.29, 1.82) is 0 Å². The van der Waals surface area contributed by atoms with Gasteiger partial charge in [-0.3, -0.25) is 4.79 Å². The molecule has 0 aliphatic carbocycles. The molecular formula is C14H16N4O. The van der Waals surface area contributed by atoms with Crippen LogP contribution in [0.15, 0.2) is 42.7 Å². The van der Waals surface area contributed by atoms with E-state index in [1.165, 1.54) is 0 Å². The van der Waals surface area contributed by atoms with Crippen molar-refractivity contribution < 1.29 is 4.79 Å². The predicted octanol–water partition coefficient (Wildman–Crippen LogP) is 2.36. The molecule has 2 N–H and O–H groups in total. The van der Waals surface area contributed by atoms with Gasteiger partial charge in [0.25, 0.3) is 5.91 Å². The molecule has 2 aromatic rings. The molecule has 5 heteroatoms. The largest absolute Gasteiger partial charge is 0.350 e. The summed E-state index contributed by atoms with van der Waals surface area (Å²) in [4.78, 5) is 19.9. The molecule has 5 nitrogen and oxygen atoms in total. The van der Waals surface area contributed by atoms with Crippen LogP contribution in [0.5, 0.6) is 0 Å². The Morgan fingerprint density at radius 1 is 1.11 bits per heavy atom. The molecule has 1 heterocycles. The Hall–Kier alpha value is -2.43. The van der Waals surface area contributed by atoms with E-state index in [4.69, 9.17) is 0 Å². The van der Waals surface area contributed by atoms with Crippen LogP contribution in [0.25, 0.3) is 0 Å². The third-order valence-corrected chi connectivity index (χ3v) is 2.39. The van der Waals surface area contributed by atoms with Gasteiger partial charge in [-0.05, 0) is 44.2 Å². The van der Waals surface area contributed by atoms with Gasteiger partial charge in [0.2, 0.25) is 5.95 Å². The van der Waals surface area contributed by atoms with Crippen LogP contribution in [0.1, 0.15) is 24.2 Å². The van der Waals surface area contributed by atoms with E-state index in [0.29, 0.717) is 11.5 Å². The number of carbonyl (C=O) groups excluding carboxylic acids is 1. The maximum atomic E-state index is 11.8. The van der Waals surface area contributed by atoms with Gasteiger partial charge in [-0.25, -0.2) is 9.97 Å². The van der Waals surface area contributed by atoms with Crippen molar-refractivity contribution in [1.82, 2.24) is 15.3 Å². The maximum absolute atomic E-state index is 11.8. The standard InChI is InChI=1S/C14H16N4O/c1-10(2)17-13(19)11-4-6-12(7-5-11)18-14-15-8-3-9-16-14/h3-10H,1-2H3,(H,17,19)(H,15,16,18). The average molecular weight is 256 g/mol. The van der Waals surface area contributed by atoms with Crippen LogP contribution in [0.2, 0.25) is 0 Å². The molecule has 0 atom stereocenters. The van der Waals surface area contributed by atoms with E-state index < -0.39 is 0 Å². The molecule has 2 rings (SSSR count). The number of hydrogen-bond donors (Lipinski definition) is 2. The minimum Gasteiger partial charge on any atom is -0.350 e. The molecule has 98 valence electrons. The van der Waals surface area contributed by atoms with E-state index in [0.717, 1.165) is 5.69 Å². The molecule has 0 fully saturated rings. The fourth-order valence-corrected chi connectivity index (χ4v) is 1.54. The maximum Gasteiger partial charge on any atom is 0.251 e. The van der Waals surface area contributed by atoms with Gasteiger partial charge in [0.1, 0.15) is 0 Å². The predicted molar refractivity (Wildman–Crippen MR) is 74.4 cm³/mol. The number of rotatable bonds is 4. The second-order valence-corrected chi connectivity index (χ2v) is 4.40. The Morgan fingerprint density at radius 2 is 1.74 bits per heavy atom. The number of amides is 1. The van der Waals surface area contributed by atoms with Crippen LogP contribution in [-0.2, 0) is 0 Å². The van der Waals surface area contributed by atoms with Gasteiger partial charge in [-0.2, -0.15) is 0 Å². The van der Waals surface area contributed by atoms with Gasteiger partial charge in [-0.1, -0.05) is 0 Å². The summed E-state index contributed by atoms with van der Waals surface area (Å²) in [7, 11) is 0. The Bertz CT molecular complexity index is 537. The van der Waals surface area contributed by atoms with Crippen LogP contribution in [0, 0.1) is 0 Å². The van der Waals surface area contributed by atoms with Crippen molar-refractivity contribution in [2.75, 3.05) is 5.32 Å². The molecule has 0 aliphatic rings. The number of nitrogens with zero attached hydrogens (tertiary/aromatic N) is 2. The Balaban J connectivity index is 2.04. The monoisotopic (exact) mass is 256 g/mol. The highest BCUT2D eigenvalue weighted by Crippen LogP contribution is 2.13. The highest BCUT2D eigenvalue weighted by Gasteiger charge is 2.06. The van der Waals surface area contributed by atoms with Gasteiger partial charge in [0, 0.05) is 29.7 Å². The zero-order valence-electron chi connectivity index (χ0n) is 10.9. The lowest BCUT2D eigenvalue weighted by atomic mass is 10.2. The molecule has 0 spiro atoms. The number of benzene rings is 1. The van der Waals surface area contributed by atoms with Crippen LogP contribution >= 0.6 is 0 Å². The molecule has 1 amide bonds. The molecule has 0 saturated carbocycles. The third kappa shape index (κ3) is 3.77. The number of aromatic nitrogens is 2. The third-order valence-electron chi connectivity index (χ3n) is 2.39. The summed E-state index contributed by atoms with van der Waals surface area (Å²) in [5.41, 5.74) is 1.47. The molecule has 1 aromatic heterocycles. The zero-order chi connectivity index (χ0) is 13.7. The summed E-state index contributed by atoms with van der Waals surface area (Å²) in [5.74, 6) is 0.458. The molecule has 0 saturated heterocycles. The van der Waals surface area contributed by atoms with Gasteiger partial charge < -0.3 is 10.6 Å². The molecule has 19 heavy (non-hydrogen) atoms. The zero-order valence-corrected chi connectivity index (χ0v) is 10.9. The van der Waals surface area contributed by atoms with Crippen molar-refractivity contribution in [2.45, 2.75) is 19.9 Å². The van der Waals surface area contributed by atoms with Crippen LogP contribution in [-0.4, -0.2) is 21.9 Å². The van der Waals surface area contributed by atoms with E-state index in [-0.39, 0.29) is 11.9 Å². The summed E-state index contributed by atoms with van der Waals surface area (Å²) >= 11 is 0. The molecular weight excluding hydrogens is 240 g/mol. The first kappa shape index (κ1) is 13.0. The highest BCUT2D eigenvalue weighted by atomic mass is 16.1. The first-order valence-corrected chi connectivity index (χ1v) is 6.10. The molecule has 0 aliphatic heterocycles. The van der Waals surface area contributed by atoms with E-state index >= 15 is 0 Å². The van der Waals surface area contributed by atoms with Crippen LogP contribution in [0.4, 0.5) is 11.6 Å². The summed E-state index contributed by atoms with van der Waals surface area (Å²) in [6, 6.07) is 9.07. The molecule has 1 aromatic carbocycles. The summed E-state index contributed by atoms with van der Waals surface area (Å²) in [6.45, 7) is 3.86. The number of anilines is 2. The molecule has 0 radical (unpaired) electrons. The lowest BCUT2D eigenvalue weighted by molar-refractivity contribution is 0.0943. The lowest BCUT2D eigenvalue weighted by Crippen LogP contribution is -2.29. The quantitative estimate of drug-likeness (QED) is 0.881. The summed E-state index contributed by atoms with van der Waals surface area (Å²) in [6.07, 6.45) is 3.33. The minimum absolute atomic E-state index is 0.0717. The first-order valence-electron chi connectivity index (χ1n) is 6.10. The van der Waals surface area contributed by atoms with Gasteiger partial charge in [-0.15, -0.1) is 0 Å². The normalized spacial score (nSPS) is 10.3. The van der Waals surface area contributed by atoms with Crippen molar-refractivity contribution in [3.05, 3.63) is 48.3 Å². The number of hydrogen-bond acceptors (Lipinski definition) is 4. The SMILES string of the molecule is CC(C)NC(=O)c1ccc(Nc2ncccn2)cc1. The van der Waals surface area contributed by atoms with E-state index in [1.807, 2.05) is 26.0 Å². The number of nitrogens with one attached hydrogen (secondary N) is 2. The molecule has 0 unspecified atom stereocenters. The smallest absolute Gasteiger partial charge is 0.251 e. The van der Waals surface area contributed by atoms with E-state index in [2.05, 4.69) is 20.6 Å². The lowest BCUT2D eigenvalue weighted by Gasteiger charge is -2.09. The Labute approximate surface area is 112 Å².